The van der Waals surface area contributed by atoms with Gasteiger partial charge in [-0.15, -0.1) is 11.3 Å². The number of thiophene rings is 1. The highest BCUT2D eigenvalue weighted by atomic mass is 32.1. The molecule has 7 nitrogen and oxygen atoms in total. The minimum atomic E-state index is -0.111. The van der Waals surface area contributed by atoms with Crippen LogP contribution in [0.3, 0.4) is 0 Å². The third kappa shape index (κ3) is 4.99. The van der Waals surface area contributed by atoms with E-state index in [9.17, 15) is 9.59 Å². The predicted octanol–water partition coefficient (Wildman–Crippen LogP) is 3.41. The molecule has 3 aromatic rings. The van der Waals surface area contributed by atoms with Crippen LogP contribution in [0.25, 0.3) is 10.2 Å². The topological polar surface area (TPSA) is 76.5 Å². The molecule has 0 fully saturated rings. The summed E-state index contributed by atoms with van der Waals surface area (Å²) in [6.45, 7) is 8.77. The summed E-state index contributed by atoms with van der Waals surface area (Å²) >= 11 is 1.38. The Kier molecular flexibility index (Phi) is 7.46. The molecule has 0 spiro atoms. The van der Waals surface area contributed by atoms with Crippen molar-refractivity contribution in [3.63, 3.8) is 0 Å². The van der Waals surface area contributed by atoms with E-state index in [1.165, 1.54) is 11.3 Å². The number of nitrogens with one attached hydrogen (secondary N) is 1. The Morgan fingerprint density at radius 3 is 2.77 bits per heavy atom. The van der Waals surface area contributed by atoms with Crippen LogP contribution in [0.4, 0.5) is 5.95 Å². The number of amides is 1. The van der Waals surface area contributed by atoms with Crippen LogP contribution < -0.4 is 20.5 Å². The lowest BCUT2D eigenvalue weighted by Gasteiger charge is -2.23. The van der Waals surface area contributed by atoms with Crippen molar-refractivity contribution in [1.29, 1.82) is 0 Å². The lowest BCUT2D eigenvalue weighted by atomic mass is 10.2. The molecule has 0 unspecified atom stereocenters. The number of nitrogens with zero attached hydrogens (tertiary/aromatic N) is 3. The maximum Gasteiger partial charge on any atom is 0.272 e. The molecular formula is C22H28N4O3S. The van der Waals surface area contributed by atoms with Gasteiger partial charge in [-0.25, -0.2) is 4.98 Å². The van der Waals surface area contributed by atoms with Gasteiger partial charge >= 0.3 is 0 Å². The monoisotopic (exact) mass is 428 g/mol. The summed E-state index contributed by atoms with van der Waals surface area (Å²) in [5.74, 6) is 1.29. The van der Waals surface area contributed by atoms with E-state index in [1.807, 2.05) is 61.4 Å². The molecule has 0 saturated heterocycles. The van der Waals surface area contributed by atoms with Crippen molar-refractivity contribution in [3.8, 4) is 5.75 Å². The van der Waals surface area contributed by atoms with Crippen LogP contribution in [0.1, 0.15) is 32.8 Å². The third-order valence-electron chi connectivity index (χ3n) is 4.85. The molecule has 0 bridgehead atoms. The Bertz CT molecular complexity index is 1060. The summed E-state index contributed by atoms with van der Waals surface area (Å²) in [6.07, 6.45) is 0.206. The maximum atomic E-state index is 13.0. The summed E-state index contributed by atoms with van der Waals surface area (Å²) in [5, 5.41) is 4.80. The highest BCUT2D eigenvalue weighted by molar-refractivity contribution is 7.17. The fourth-order valence-corrected chi connectivity index (χ4v) is 4.07. The van der Waals surface area contributed by atoms with Crippen molar-refractivity contribution in [2.45, 2.75) is 40.3 Å². The standard InChI is InChI=1S/C22H28N4O3S/c1-4-25(5-2)22-24-18-11-13-30-20(18)21(28)26(22)12-10-19(27)23-15-16-8-7-9-17(14-16)29-6-3/h7-9,11,13-14H,4-6,10,12,15H2,1-3H3,(H,23,27). The van der Waals surface area contributed by atoms with Gasteiger partial charge in [0.15, 0.2) is 0 Å². The number of benzene rings is 1. The van der Waals surface area contributed by atoms with Crippen LogP contribution in [0.5, 0.6) is 5.75 Å². The Balaban J connectivity index is 1.71. The summed E-state index contributed by atoms with van der Waals surface area (Å²) in [7, 11) is 0. The van der Waals surface area contributed by atoms with Gasteiger partial charge in [-0.3, -0.25) is 14.2 Å². The molecule has 1 aromatic carbocycles. The second-order valence-electron chi connectivity index (χ2n) is 6.78. The average Bonchev–Trinajstić information content (AvgIpc) is 3.22. The van der Waals surface area contributed by atoms with Gasteiger partial charge in [-0.1, -0.05) is 12.1 Å². The van der Waals surface area contributed by atoms with E-state index in [0.717, 1.165) is 24.4 Å². The van der Waals surface area contributed by atoms with Crippen molar-refractivity contribution in [3.05, 3.63) is 51.6 Å². The first-order chi connectivity index (χ1) is 14.6. The first-order valence-electron chi connectivity index (χ1n) is 10.3. The van der Waals surface area contributed by atoms with Gasteiger partial charge in [0.2, 0.25) is 11.9 Å². The normalized spacial score (nSPS) is 10.9. The molecule has 30 heavy (non-hydrogen) atoms. The summed E-state index contributed by atoms with van der Waals surface area (Å²) in [4.78, 5) is 32.2. The van der Waals surface area contributed by atoms with Gasteiger partial charge < -0.3 is 15.0 Å². The minimum absolute atomic E-state index is 0.0888. The van der Waals surface area contributed by atoms with Gasteiger partial charge in [-0.05, 0) is 49.9 Å². The molecule has 0 aliphatic carbocycles. The van der Waals surface area contributed by atoms with Crippen LogP contribution in [0, 0.1) is 0 Å². The minimum Gasteiger partial charge on any atom is -0.494 e. The van der Waals surface area contributed by atoms with E-state index < -0.39 is 0 Å². The summed E-state index contributed by atoms with van der Waals surface area (Å²) in [5.41, 5.74) is 1.59. The molecular weight excluding hydrogens is 400 g/mol. The van der Waals surface area contributed by atoms with Crippen molar-refractivity contribution in [2.75, 3.05) is 24.6 Å². The van der Waals surface area contributed by atoms with Crippen molar-refractivity contribution < 1.29 is 9.53 Å². The zero-order valence-corrected chi connectivity index (χ0v) is 18.5. The Morgan fingerprint density at radius 2 is 2.03 bits per heavy atom. The molecule has 0 saturated carbocycles. The van der Waals surface area contributed by atoms with E-state index >= 15 is 0 Å². The molecule has 0 atom stereocenters. The van der Waals surface area contributed by atoms with Gasteiger partial charge in [0.1, 0.15) is 10.4 Å². The van der Waals surface area contributed by atoms with Crippen molar-refractivity contribution in [2.24, 2.45) is 0 Å². The van der Waals surface area contributed by atoms with Crippen molar-refractivity contribution in [1.82, 2.24) is 14.9 Å². The Morgan fingerprint density at radius 1 is 1.23 bits per heavy atom. The van der Waals surface area contributed by atoms with Gasteiger partial charge in [0, 0.05) is 32.6 Å². The summed E-state index contributed by atoms with van der Waals surface area (Å²) in [6, 6.07) is 9.53. The number of rotatable bonds is 10. The molecule has 8 heteroatoms. The zero-order valence-electron chi connectivity index (χ0n) is 17.7. The lowest BCUT2D eigenvalue weighted by molar-refractivity contribution is -0.121. The SMILES string of the molecule is CCOc1cccc(CNC(=O)CCn2c(N(CC)CC)nc3ccsc3c2=O)c1. The quantitative estimate of drug-likeness (QED) is 0.536. The first kappa shape index (κ1) is 21.8. The molecule has 2 heterocycles. The molecule has 3 rings (SSSR count). The summed E-state index contributed by atoms with van der Waals surface area (Å²) < 4.78 is 7.75. The number of carbonyl (C=O) groups excluding carboxylic acids is 1. The molecule has 160 valence electrons. The van der Waals surface area contributed by atoms with Gasteiger partial charge in [0.05, 0.1) is 12.1 Å². The first-order valence-corrected chi connectivity index (χ1v) is 11.2. The fraction of sp³-hybridized carbons (Fsp3) is 0.409. The number of hydrogen-bond donors (Lipinski definition) is 1. The molecule has 2 aromatic heterocycles. The van der Waals surface area contributed by atoms with Crippen LogP contribution in [-0.2, 0) is 17.9 Å². The second-order valence-corrected chi connectivity index (χ2v) is 7.70. The maximum absolute atomic E-state index is 13.0. The highest BCUT2D eigenvalue weighted by Gasteiger charge is 2.16. The molecule has 1 N–H and O–H groups in total. The molecule has 0 radical (unpaired) electrons. The van der Waals surface area contributed by atoms with Crippen LogP contribution in [-0.4, -0.2) is 35.2 Å². The lowest BCUT2D eigenvalue weighted by Crippen LogP contribution is -2.34. The van der Waals surface area contributed by atoms with E-state index in [0.29, 0.717) is 29.3 Å². The highest BCUT2D eigenvalue weighted by Crippen LogP contribution is 2.19. The van der Waals surface area contributed by atoms with E-state index in [-0.39, 0.29) is 24.4 Å². The smallest absolute Gasteiger partial charge is 0.272 e. The number of fused-ring (bicyclic) bond motifs is 1. The molecule has 1 amide bonds. The number of aromatic nitrogens is 2. The van der Waals surface area contributed by atoms with Crippen LogP contribution in [0.15, 0.2) is 40.5 Å². The number of anilines is 1. The predicted molar refractivity (Wildman–Crippen MR) is 122 cm³/mol. The fourth-order valence-electron chi connectivity index (χ4n) is 3.30. The molecule has 0 aliphatic heterocycles. The van der Waals surface area contributed by atoms with Gasteiger partial charge in [0.25, 0.3) is 5.56 Å². The van der Waals surface area contributed by atoms with E-state index in [4.69, 9.17) is 9.72 Å². The van der Waals surface area contributed by atoms with Crippen LogP contribution >= 0.6 is 11.3 Å². The van der Waals surface area contributed by atoms with E-state index in [1.54, 1.807) is 4.57 Å². The third-order valence-corrected chi connectivity index (χ3v) is 5.75. The Labute approximate surface area is 180 Å². The molecule has 0 aliphatic rings. The zero-order chi connectivity index (χ0) is 21.5. The number of hydrogen-bond acceptors (Lipinski definition) is 6. The second kappa shape index (κ2) is 10.2. The average molecular weight is 429 g/mol. The van der Waals surface area contributed by atoms with Gasteiger partial charge in [-0.2, -0.15) is 0 Å². The number of carbonyl (C=O) groups is 1. The van der Waals surface area contributed by atoms with Crippen molar-refractivity contribution >= 4 is 33.4 Å². The van der Waals surface area contributed by atoms with Crippen LogP contribution in [0.2, 0.25) is 0 Å². The number of ether oxygens (including phenoxy) is 1. The van der Waals surface area contributed by atoms with E-state index in [2.05, 4.69) is 5.32 Å². The Hall–Kier alpha value is -2.87. The largest absolute Gasteiger partial charge is 0.494 e.